The number of carbonyl (C=O) groups is 1. The third-order valence-electron chi connectivity index (χ3n) is 4.77. The van der Waals surface area contributed by atoms with E-state index in [0.717, 1.165) is 35.0 Å². The van der Waals surface area contributed by atoms with Crippen LogP contribution in [-0.4, -0.2) is 22.3 Å². The predicted molar refractivity (Wildman–Crippen MR) is 112 cm³/mol. The van der Waals surface area contributed by atoms with Gasteiger partial charge in [0.05, 0.1) is 10.7 Å². The quantitative estimate of drug-likeness (QED) is 0.597. The molecular formula is C23H22N2O2S. The molecule has 0 fully saturated rings. The molecule has 0 saturated heterocycles. The molecule has 0 radical (unpaired) electrons. The summed E-state index contributed by atoms with van der Waals surface area (Å²) in [4.78, 5) is 18.9. The number of aromatic nitrogens is 1. The van der Waals surface area contributed by atoms with E-state index < -0.39 is 0 Å². The summed E-state index contributed by atoms with van der Waals surface area (Å²) in [6.07, 6.45) is 4.41. The van der Waals surface area contributed by atoms with Gasteiger partial charge in [-0.2, -0.15) is 0 Å². The zero-order valence-electron chi connectivity index (χ0n) is 15.8. The molecular weight excluding hydrogens is 368 g/mol. The Hall–Kier alpha value is -2.92. The van der Waals surface area contributed by atoms with Gasteiger partial charge in [0.1, 0.15) is 12.4 Å². The number of hydrogen-bond donors (Lipinski definition) is 0. The molecule has 4 rings (SSSR count). The molecule has 1 aliphatic heterocycles. The monoisotopic (exact) mass is 390 g/mol. The van der Waals surface area contributed by atoms with Crippen LogP contribution in [0.15, 0.2) is 60.0 Å². The molecule has 1 amide bonds. The summed E-state index contributed by atoms with van der Waals surface area (Å²) < 4.78 is 5.82. The molecule has 0 bridgehead atoms. The van der Waals surface area contributed by atoms with Gasteiger partial charge in [0.25, 0.3) is 0 Å². The van der Waals surface area contributed by atoms with Crippen LogP contribution in [-0.2, 0) is 24.4 Å². The number of carbonyl (C=O) groups excluding carboxylic acids is 1. The van der Waals surface area contributed by atoms with Crippen LogP contribution in [0.25, 0.3) is 6.08 Å². The van der Waals surface area contributed by atoms with Crippen molar-refractivity contribution in [1.82, 2.24) is 9.88 Å². The molecule has 1 aromatic heterocycles. The number of fused-ring (bicyclic) bond motifs is 1. The lowest BCUT2D eigenvalue weighted by molar-refractivity contribution is -0.126. The molecule has 142 valence electrons. The van der Waals surface area contributed by atoms with Gasteiger partial charge >= 0.3 is 0 Å². The largest absolute Gasteiger partial charge is 0.487 e. The van der Waals surface area contributed by atoms with Gasteiger partial charge in [0.15, 0.2) is 0 Å². The van der Waals surface area contributed by atoms with Crippen molar-refractivity contribution in [3.05, 3.63) is 87.4 Å². The van der Waals surface area contributed by atoms with Crippen LogP contribution in [0.2, 0.25) is 0 Å². The average Bonchev–Trinajstić information content (AvgIpc) is 3.15. The first kappa shape index (κ1) is 18.4. The summed E-state index contributed by atoms with van der Waals surface area (Å²) >= 11 is 1.62. The maximum Gasteiger partial charge on any atom is 0.246 e. The van der Waals surface area contributed by atoms with Crippen LogP contribution in [0.1, 0.15) is 27.4 Å². The van der Waals surface area contributed by atoms with Crippen molar-refractivity contribution in [1.29, 1.82) is 0 Å². The molecule has 28 heavy (non-hydrogen) atoms. The van der Waals surface area contributed by atoms with Gasteiger partial charge < -0.3 is 9.64 Å². The highest BCUT2D eigenvalue weighted by Crippen LogP contribution is 2.20. The Balaban J connectivity index is 1.37. The average molecular weight is 391 g/mol. The van der Waals surface area contributed by atoms with Gasteiger partial charge in [-0.05, 0) is 48.2 Å². The Morgan fingerprint density at radius 1 is 1.21 bits per heavy atom. The van der Waals surface area contributed by atoms with Gasteiger partial charge in [-0.3, -0.25) is 4.79 Å². The van der Waals surface area contributed by atoms with Crippen molar-refractivity contribution >= 4 is 23.3 Å². The third-order valence-corrected chi connectivity index (χ3v) is 5.59. The summed E-state index contributed by atoms with van der Waals surface area (Å²) in [6.45, 7) is 3.87. The van der Waals surface area contributed by atoms with E-state index in [1.54, 1.807) is 17.4 Å². The van der Waals surface area contributed by atoms with Gasteiger partial charge in [-0.15, -0.1) is 11.3 Å². The van der Waals surface area contributed by atoms with Crippen LogP contribution >= 0.6 is 11.3 Å². The highest BCUT2D eigenvalue weighted by atomic mass is 32.1. The number of amides is 1. The Kier molecular flexibility index (Phi) is 5.53. The minimum Gasteiger partial charge on any atom is -0.487 e. The Morgan fingerprint density at radius 2 is 2.07 bits per heavy atom. The van der Waals surface area contributed by atoms with Crippen molar-refractivity contribution in [2.24, 2.45) is 0 Å². The molecule has 2 aromatic carbocycles. The summed E-state index contributed by atoms with van der Waals surface area (Å²) in [6, 6.07) is 16.1. The molecule has 5 heteroatoms. The highest BCUT2D eigenvalue weighted by Gasteiger charge is 2.18. The number of benzene rings is 2. The van der Waals surface area contributed by atoms with E-state index >= 15 is 0 Å². The standard InChI is InChI=1S/C23H22N2O2S/c1-17-24-21(16-28-17)15-27-22-8-4-5-18(13-22)9-10-23(26)25-12-11-19-6-2-3-7-20(19)14-25/h2-10,13,16H,11-12,14-15H2,1H3/b10-9+. The molecule has 0 saturated carbocycles. The summed E-state index contributed by atoms with van der Waals surface area (Å²) in [5.41, 5.74) is 4.46. The fourth-order valence-electron chi connectivity index (χ4n) is 3.30. The maximum atomic E-state index is 12.6. The minimum absolute atomic E-state index is 0.0405. The number of nitrogens with zero attached hydrogens (tertiary/aromatic N) is 2. The lowest BCUT2D eigenvalue weighted by Crippen LogP contribution is -2.34. The van der Waals surface area contributed by atoms with Gasteiger partial charge in [0.2, 0.25) is 5.91 Å². The van der Waals surface area contributed by atoms with Crippen LogP contribution in [0.5, 0.6) is 5.75 Å². The molecule has 0 unspecified atom stereocenters. The van der Waals surface area contributed by atoms with Crippen molar-refractivity contribution in [2.75, 3.05) is 6.54 Å². The number of hydrogen-bond acceptors (Lipinski definition) is 4. The topological polar surface area (TPSA) is 42.4 Å². The molecule has 4 nitrogen and oxygen atoms in total. The first-order valence-electron chi connectivity index (χ1n) is 9.35. The maximum absolute atomic E-state index is 12.6. The van der Waals surface area contributed by atoms with E-state index in [0.29, 0.717) is 13.2 Å². The minimum atomic E-state index is 0.0405. The second-order valence-electron chi connectivity index (χ2n) is 6.83. The van der Waals surface area contributed by atoms with E-state index in [4.69, 9.17) is 4.74 Å². The van der Waals surface area contributed by atoms with Crippen molar-refractivity contribution in [2.45, 2.75) is 26.5 Å². The van der Waals surface area contributed by atoms with Crippen LogP contribution in [0.3, 0.4) is 0 Å². The Labute approximate surface area is 169 Å². The van der Waals surface area contributed by atoms with Crippen LogP contribution in [0.4, 0.5) is 0 Å². The van der Waals surface area contributed by atoms with Crippen LogP contribution in [0, 0.1) is 6.92 Å². The molecule has 0 atom stereocenters. The summed E-state index contributed by atoms with van der Waals surface area (Å²) in [5.74, 6) is 0.811. The van der Waals surface area contributed by atoms with Crippen molar-refractivity contribution < 1.29 is 9.53 Å². The van der Waals surface area contributed by atoms with Gasteiger partial charge in [-0.1, -0.05) is 36.4 Å². The third kappa shape index (κ3) is 4.49. The van der Waals surface area contributed by atoms with E-state index in [9.17, 15) is 4.79 Å². The molecule has 0 spiro atoms. The first-order valence-corrected chi connectivity index (χ1v) is 10.2. The zero-order valence-corrected chi connectivity index (χ0v) is 16.6. The number of rotatable bonds is 5. The van der Waals surface area contributed by atoms with E-state index in [1.165, 1.54) is 11.1 Å². The predicted octanol–water partition coefficient (Wildman–Crippen LogP) is 4.63. The fourth-order valence-corrected chi connectivity index (χ4v) is 3.89. The molecule has 2 heterocycles. The second kappa shape index (κ2) is 8.40. The van der Waals surface area contributed by atoms with E-state index in [1.807, 2.05) is 53.6 Å². The summed E-state index contributed by atoms with van der Waals surface area (Å²) in [7, 11) is 0. The number of thiazole rings is 1. The normalized spacial score (nSPS) is 13.5. The van der Waals surface area contributed by atoms with E-state index in [-0.39, 0.29) is 5.91 Å². The SMILES string of the molecule is Cc1nc(COc2cccc(/C=C/C(=O)N3CCc4ccccc4C3)c2)cs1. The Morgan fingerprint density at radius 3 is 2.89 bits per heavy atom. The van der Waals surface area contributed by atoms with Crippen molar-refractivity contribution in [3.63, 3.8) is 0 Å². The van der Waals surface area contributed by atoms with Crippen molar-refractivity contribution in [3.8, 4) is 5.75 Å². The van der Waals surface area contributed by atoms with Gasteiger partial charge in [0, 0.05) is 24.5 Å². The smallest absolute Gasteiger partial charge is 0.246 e. The molecule has 1 aliphatic rings. The first-order chi connectivity index (χ1) is 13.7. The molecule has 3 aromatic rings. The lowest BCUT2D eigenvalue weighted by Gasteiger charge is -2.27. The number of aryl methyl sites for hydroxylation is 1. The van der Waals surface area contributed by atoms with Crippen LogP contribution < -0.4 is 4.74 Å². The second-order valence-corrected chi connectivity index (χ2v) is 7.89. The van der Waals surface area contributed by atoms with E-state index in [2.05, 4.69) is 23.2 Å². The van der Waals surface area contributed by atoms with Gasteiger partial charge in [-0.25, -0.2) is 4.98 Å². The lowest BCUT2D eigenvalue weighted by atomic mass is 10.00. The zero-order chi connectivity index (χ0) is 19.3. The number of ether oxygens (including phenoxy) is 1. The highest BCUT2D eigenvalue weighted by molar-refractivity contribution is 7.09. The summed E-state index contributed by atoms with van der Waals surface area (Å²) in [5, 5.41) is 3.04. The fraction of sp³-hybridized carbons (Fsp3) is 0.217. The molecule has 0 aliphatic carbocycles. The molecule has 0 N–H and O–H groups in total. The Bertz CT molecular complexity index is 1010.